The van der Waals surface area contributed by atoms with Crippen LogP contribution in [0.1, 0.15) is 5.76 Å². The first-order valence-electron chi connectivity index (χ1n) is 4.48. The van der Waals surface area contributed by atoms with Crippen LogP contribution in [0.3, 0.4) is 0 Å². The molecule has 0 saturated carbocycles. The minimum atomic E-state index is -4.41. The third kappa shape index (κ3) is 9.66. The lowest BCUT2D eigenvalue weighted by Crippen LogP contribution is -2.33. The van der Waals surface area contributed by atoms with Crippen molar-refractivity contribution in [2.45, 2.75) is 6.54 Å². The Bertz CT molecular complexity index is 377. The standard InChI is InChI=1S/C8H14NO.CH4O4S/c1-9(2,3)7-8-5-4-6-10-8;1-5-6(2,3)4/h4-6H,7H2,1-3H3;1H3,(H,2,3,4)/q+1;/p-1. The second kappa shape index (κ2) is 6.00. The first-order valence-corrected chi connectivity index (χ1v) is 5.81. The van der Waals surface area contributed by atoms with Gasteiger partial charge in [-0.05, 0) is 12.1 Å². The molecular formula is C9H17NO5S. The summed E-state index contributed by atoms with van der Waals surface area (Å²) in [6, 6.07) is 3.93. The molecule has 1 aromatic heterocycles. The lowest BCUT2D eigenvalue weighted by atomic mass is 10.4. The van der Waals surface area contributed by atoms with Crippen LogP contribution in [0.5, 0.6) is 0 Å². The lowest BCUT2D eigenvalue weighted by molar-refractivity contribution is -0.884. The number of rotatable bonds is 3. The average Bonchev–Trinajstić information content (AvgIpc) is 2.53. The fourth-order valence-corrected chi connectivity index (χ4v) is 0.870. The van der Waals surface area contributed by atoms with E-state index in [-0.39, 0.29) is 0 Å². The smallest absolute Gasteiger partial charge is 0.217 e. The van der Waals surface area contributed by atoms with Crippen molar-refractivity contribution in [2.24, 2.45) is 0 Å². The molecule has 0 aliphatic heterocycles. The van der Waals surface area contributed by atoms with Gasteiger partial charge in [0.15, 0.2) is 5.76 Å². The van der Waals surface area contributed by atoms with E-state index in [1.54, 1.807) is 6.26 Å². The van der Waals surface area contributed by atoms with Crippen LogP contribution in [0.2, 0.25) is 0 Å². The maximum atomic E-state index is 9.22. The minimum absolute atomic E-state index is 0.808. The Kier molecular flexibility index (Phi) is 5.66. The van der Waals surface area contributed by atoms with Gasteiger partial charge in [-0.1, -0.05) is 0 Å². The van der Waals surface area contributed by atoms with Crippen LogP contribution in [0, 0.1) is 0 Å². The molecule has 6 nitrogen and oxygen atoms in total. The minimum Gasteiger partial charge on any atom is -0.726 e. The zero-order chi connectivity index (χ0) is 12.8. The Labute approximate surface area is 96.0 Å². The van der Waals surface area contributed by atoms with Gasteiger partial charge in [0.05, 0.1) is 34.5 Å². The highest BCUT2D eigenvalue weighted by Gasteiger charge is 2.09. The van der Waals surface area contributed by atoms with Crippen LogP contribution in [0.15, 0.2) is 22.8 Å². The van der Waals surface area contributed by atoms with Gasteiger partial charge in [-0.2, -0.15) is 0 Å². The molecule has 16 heavy (non-hydrogen) atoms. The van der Waals surface area contributed by atoms with Gasteiger partial charge < -0.3 is 13.5 Å². The molecule has 0 spiro atoms. The topological polar surface area (TPSA) is 79.6 Å². The van der Waals surface area contributed by atoms with Crippen LogP contribution in [0.25, 0.3) is 0 Å². The predicted molar refractivity (Wildman–Crippen MR) is 57.2 cm³/mol. The molecule has 0 unspecified atom stereocenters. The summed E-state index contributed by atoms with van der Waals surface area (Å²) in [5.41, 5.74) is 0. The lowest BCUT2D eigenvalue weighted by Gasteiger charge is -2.21. The van der Waals surface area contributed by atoms with Crippen molar-refractivity contribution >= 4 is 10.4 Å². The monoisotopic (exact) mass is 251 g/mol. The van der Waals surface area contributed by atoms with E-state index in [0.717, 1.165) is 23.9 Å². The summed E-state index contributed by atoms with van der Waals surface area (Å²) in [5.74, 6) is 1.05. The summed E-state index contributed by atoms with van der Waals surface area (Å²) in [5, 5.41) is 0. The molecule has 0 aliphatic rings. The van der Waals surface area contributed by atoms with E-state index in [1.165, 1.54) is 0 Å². The van der Waals surface area contributed by atoms with E-state index in [2.05, 4.69) is 25.3 Å². The second-order valence-corrected chi connectivity index (χ2v) is 5.25. The van der Waals surface area contributed by atoms with E-state index in [1.807, 2.05) is 12.1 Å². The number of quaternary nitrogens is 1. The molecule has 0 amide bonds. The third-order valence-electron chi connectivity index (χ3n) is 1.41. The first-order chi connectivity index (χ1) is 7.14. The maximum absolute atomic E-state index is 9.22. The van der Waals surface area contributed by atoms with Crippen molar-refractivity contribution in [1.29, 1.82) is 0 Å². The normalized spacial score (nSPS) is 11.8. The van der Waals surface area contributed by atoms with E-state index >= 15 is 0 Å². The number of hydrogen-bond acceptors (Lipinski definition) is 5. The Hall–Kier alpha value is -0.890. The summed E-state index contributed by atoms with van der Waals surface area (Å²) in [7, 11) is 2.82. The van der Waals surface area contributed by atoms with Crippen LogP contribution in [0.4, 0.5) is 0 Å². The van der Waals surface area contributed by atoms with E-state index < -0.39 is 10.4 Å². The van der Waals surface area contributed by atoms with Gasteiger partial charge in [0.25, 0.3) is 0 Å². The van der Waals surface area contributed by atoms with Gasteiger partial charge in [-0.25, -0.2) is 8.42 Å². The highest BCUT2D eigenvalue weighted by atomic mass is 32.3. The highest BCUT2D eigenvalue weighted by molar-refractivity contribution is 7.80. The molecule has 0 saturated heterocycles. The van der Waals surface area contributed by atoms with Crippen molar-refractivity contribution in [3.63, 3.8) is 0 Å². The molecule has 0 atom stereocenters. The molecule has 0 bridgehead atoms. The van der Waals surface area contributed by atoms with Gasteiger partial charge in [-0.3, -0.25) is 4.18 Å². The summed E-state index contributed by atoms with van der Waals surface area (Å²) >= 11 is 0. The quantitative estimate of drug-likeness (QED) is 0.446. The summed E-state index contributed by atoms with van der Waals surface area (Å²) in [6.07, 6.45) is 1.71. The Morgan fingerprint density at radius 2 is 1.94 bits per heavy atom. The Morgan fingerprint density at radius 1 is 1.44 bits per heavy atom. The van der Waals surface area contributed by atoms with Gasteiger partial charge in [0, 0.05) is 0 Å². The highest BCUT2D eigenvalue weighted by Crippen LogP contribution is 2.06. The fourth-order valence-electron chi connectivity index (χ4n) is 0.870. The molecular weight excluding hydrogens is 234 g/mol. The van der Waals surface area contributed by atoms with Crippen molar-refractivity contribution in [1.82, 2.24) is 0 Å². The average molecular weight is 251 g/mol. The molecule has 1 aromatic rings. The van der Waals surface area contributed by atoms with Crippen LogP contribution in [-0.4, -0.2) is 45.7 Å². The molecule has 0 aliphatic carbocycles. The Morgan fingerprint density at radius 3 is 2.19 bits per heavy atom. The van der Waals surface area contributed by atoms with Crippen molar-refractivity contribution in [3.05, 3.63) is 24.2 Å². The number of nitrogens with zero attached hydrogens (tertiary/aromatic N) is 1. The van der Waals surface area contributed by atoms with Crippen molar-refractivity contribution < 1.29 is 26.1 Å². The van der Waals surface area contributed by atoms with Crippen LogP contribution >= 0.6 is 0 Å². The summed E-state index contributed by atoms with van der Waals surface area (Å²) < 4.78 is 37.1. The molecule has 7 heteroatoms. The van der Waals surface area contributed by atoms with Crippen LogP contribution in [-0.2, 0) is 21.1 Å². The van der Waals surface area contributed by atoms with Crippen molar-refractivity contribution in [2.75, 3.05) is 28.3 Å². The van der Waals surface area contributed by atoms with Gasteiger partial charge in [0.2, 0.25) is 10.4 Å². The van der Waals surface area contributed by atoms with Crippen molar-refractivity contribution in [3.8, 4) is 0 Å². The van der Waals surface area contributed by atoms with E-state index in [0.29, 0.717) is 0 Å². The number of furan rings is 1. The fraction of sp³-hybridized carbons (Fsp3) is 0.556. The maximum Gasteiger partial charge on any atom is 0.217 e. The SMILES string of the molecule is COS(=O)(=O)[O-].C[N+](C)(C)Cc1ccco1. The molecule has 0 aromatic carbocycles. The van der Waals surface area contributed by atoms with Gasteiger partial charge in [-0.15, -0.1) is 0 Å². The van der Waals surface area contributed by atoms with E-state index in [9.17, 15) is 13.0 Å². The summed E-state index contributed by atoms with van der Waals surface area (Å²) in [6.45, 7) is 0.951. The molecule has 0 radical (unpaired) electrons. The largest absolute Gasteiger partial charge is 0.726 e. The molecule has 94 valence electrons. The third-order valence-corrected chi connectivity index (χ3v) is 1.82. The van der Waals surface area contributed by atoms with Crippen LogP contribution < -0.4 is 0 Å². The Balaban J connectivity index is 0.000000325. The number of hydrogen-bond donors (Lipinski definition) is 0. The predicted octanol–water partition coefficient (Wildman–Crippen LogP) is 0.579. The second-order valence-electron chi connectivity index (χ2n) is 4.10. The molecule has 0 N–H and O–H groups in total. The van der Waals surface area contributed by atoms with Gasteiger partial charge in [0.1, 0.15) is 6.54 Å². The zero-order valence-corrected chi connectivity index (χ0v) is 10.7. The summed E-state index contributed by atoms with van der Waals surface area (Å²) in [4.78, 5) is 0. The first kappa shape index (κ1) is 15.1. The zero-order valence-electron chi connectivity index (χ0n) is 9.84. The van der Waals surface area contributed by atoms with E-state index in [4.69, 9.17) is 4.42 Å². The molecule has 1 heterocycles. The molecule has 1 rings (SSSR count). The molecule has 0 fully saturated rings. The van der Waals surface area contributed by atoms with Gasteiger partial charge >= 0.3 is 0 Å².